The van der Waals surface area contributed by atoms with Crippen LogP contribution in [0.3, 0.4) is 0 Å². The van der Waals surface area contributed by atoms with Crippen LogP contribution in [0.2, 0.25) is 0 Å². The summed E-state index contributed by atoms with van der Waals surface area (Å²) in [6.45, 7) is 4.03. The van der Waals surface area contributed by atoms with Crippen LogP contribution in [0.5, 0.6) is 0 Å². The molecular formula is C8H16FN. The van der Waals surface area contributed by atoms with Gasteiger partial charge in [-0.25, -0.2) is 4.39 Å². The van der Waals surface area contributed by atoms with E-state index in [0.717, 1.165) is 12.8 Å². The van der Waals surface area contributed by atoms with Gasteiger partial charge in [0.1, 0.15) is 5.67 Å². The van der Waals surface area contributed by atoms with E-state index >= 15 is 0 Å². The van der Waals surface area contributed by atoms with Gasteiger partial charge in [-0.15, -0.1) is 0 Å². The SMILES string of the molecule is CC(CN)C(C)(F)C1CC1. The summed E-state index contributed by atoms with van der Waals surface area (Å²) in [5, 5.41) is 0. The van der Waals surface area contributed by atoms with Crippen molar-refractivity contribution in [1.29, 1.82) is 0 Å². The van der Waals surface area contributed by atoms with Crippen molar-refractivity contribution in [2.24, 2.45) is 17.6 Å². The monoisotopic (exact) mass is 145 g/mol. The Balaban J connectivity index is 2.47. The van der Waals surface area contributed by atoms with Gasteiger partial charge in [0.25, 0.3) is 0 Å². The smallest absolute Gasteiger partial charge is 0.114 e. The van der Waals surface area contributed by atoms with Gasteiger partial charge in [0.2, 0.25) is 0 Å². The van der Waals surface area contributed by atoms with Crippen molar-refractivity contribution in [3.8, 4) is 0 Å². The highest BCUT2D eigenvalue weighted by Gasteiger charge is 2.44. The molecular weight excluding hydrogens is 129 g/mol. The van der Waals surface area contributed by atoms with Crippen molar-refractivity contribution >= 4 is 0 Å². The van der Waals surface area contributed by atoms with Crippen molar-refractivity contribution in [3.05, 3.63) is 0 Å². The molecule has 1 rings (SSSR count). The van der Waals surface area contributed by atoms with E-state index in [1.807, 2.05) is 6.92 Å². The average Bonchev–Trinajstić information content (AvgIpc) is 2.66. The maximum atomic E-state index is 13.6. The Morgan fingerprint density at radius 3 is 2.50 bits per heavy atom. The number of hydrogen-bond donors (Lipinski definition) is 1. The van der Waals surface area contributed by atoms with Gasteiger partial charge in [0.05, 0.1) is 0 Å². The van der Waals surface area contributed by atoms with E-state index in [0.29, 0.717) is 12.5 Å². The average molecular weight is 145 g/mol. The Hall–Kier alpha value is -0.110. The highest BCUT2D eigenvalue weighted by atomic mass is 19.1. The summed E-state index contributed by atoms with van der Waals surface area (Å²) in [6, 6.07) is 0. The minimum atomic E-state index is -1.01. The number of hydrogen-bond acceptors (Lipinski definition) is 1. The van der Waals surface area contributed by atoms with Gasteiger partial charge in [-0.1, -0.05) is 6.92 Å². The van der Waals surface area contributed by atoms with Crippen LogP contribution in [0.15, 0.2) is 0 Å². The van der Waals surface area contributed by atoms with E-state index in [9.17, 15) is 4.39 Å². The van der Waals surface area contributed by atoms with Crippen LogP contribution in [0, 0.1) is 11.8 Å². The summed E-state index contributed by atoms with van der Waals surface area (Å²) in [4.78, 5) is 0. The molecule has 2 unspecified atom stereocenters. The predicted molar refractivity (Wildman–Crippen MR) is 40.5 cm³/mol. The molecule has 0 spiro atoms. The Morgan fingerprint density at radius 2 is 2.20 bits per heavy atom. The van der Waals surface area contributed by atoms with Crippen LogP contribution in [0.25, 0.3) is 0 Å². The lowest BCUT2D eigenvalue weighted by Gasteiger charge is -2.26. The van der Waals surface area contributed by atoms with Crippen LogP contribution in [0.1, 0.15) is 26.7 Å². The molecule has 0 amide bonds. The molecule has 0 saturated heterocycles. The van der Waals surface area contributed by atoms with Crippen molar-refractivity contribution in [3.63, 3.8) is 0 Å². The fourth-order valence-corrected chi connectivity index (χ4v) is 1.28. The number of nitrogens with two attached hydrogens (primary N) is 1. The molecule has 0 radical (unpaired) electrons. The molecule has 1 aliphatic carbocycles. The first kappa shape index (κ1) is 7.99. The van der Waals surface area contributed by atoms with Crippen molar-refractivity contribution in [2.75, 3.05) is 6.54 Å². The minimum Gasteiger partial charge on any atom is -0.330 e. The zero-order chi connectivity index (χ0) is 7.78. The van der Waals surface area contributed by atoms with Crippen LogP contribution < -0.4 is 5.73 Å². The first-order valence-electron chi connectivity index (χ1n) is 3.98. The lowest BCUT2D eigenvalue weighted by atomic mass is 9.88. The molecule has 10 heavy (non-hydrogen) atoms. The fourth-order valence-electron chi connectivity index (χ4n) is 1.28. The van der Waals surface area contributed by atoms with Crippen molar-refractivity contribution in [2.45, 2.75) is 32.4 Å². The zero-order valence-electron chi connectivity index (χ0n) is 6.73. The van der Waals surface area contributed by atoms with Gasteiger partial charge in [-0.05, 0) is 32.2 Å². The van der Waals surface area contributed by atoms with Gasteiger partial charge >= 0.3 is 0 Å². The summed E-state index contributed by atoms with van der Waals surface area (Å²) >= 11 is 0. The van der Waals surface area contributed by atoms with Crippen LogP contribution in [-0.4, -0.2) is 12.2 Å². The van der Waals surface area contributed by atoms with Gasteiger partial charge in [0, 0.05) is 5.92 Å². The Morgan fingerprint density at radius 1 is 1.70 bits per heavy atom. The molecule has 0 heterocycles. The molecule has 1 saturated carbocycles. The molecule has 0 aromatic heterocycles. The maximum absolute atomic E-state index is 13.6. The van der Waals surface area contributed by atoms with E-state index in [4.69, 9.17) is 5.73 Å². The van der Waals surface area contributed by atoms with Crippen molar-refractivity contribution < 1.29 is 4.39 Å². The maximum Gasteiger partial charge on any atom is 0.114 e. The molecule has 2 heteroatoms. The summed E-state index contributed by atoms with van der Waals surface area (Å²) in [5.41, 5.74) is 4.38. The standard InChI is InChI=1S/C8H16FN/c1-6(5-10)8(2,9)7-3-4-7/h6-7H,3-5,10H2,1-2H3. The molecule has 0 aromatic rings. The van der Waals surface area contributed by atoms with Gasteiger partial charge in [0.15, 0.2) is 0 Å². The van der Waals surface area contributed by atoms with Crippen LogP contribution in [0.4, 0.5) is 4.39 Å². The number of rotatable bonds is 3. The van der Waals surface area contributed by atoms with Gasteiger partial charge in [-0.2, -0.15) is 0 Å². The van der Waals surface area contributed by atoms with E-state index < -0.39 is 5.67 Å². The number of alkyl halides is 1. The fraction of sp³-hybridized carbons (Fsp3) is 1.00. The quantitative estimate of drug-likeness (QED) is 0.643. The third kappa shape index (κ3) is 1.31. The van der Waals surface area contributed by atoms with Gasteiger partial charge in [-0.3, -0.25) is 0 Å². The van der Waals surface area contributed by atoms with E-state index in [1.54, 1.807) is 6.92 Å². The first-order valence-corrected chi connectivity index (χ1v) is 3.98. The summed E-state index contributed by atoms with van der Waals surface area (Å²) in [7, 11) is 0. The third-order valence-corrected chi connectivity index (χ3v) is 2.69. The molecule has 0 bridgehead atoms. The van der Waals surface area contributed by atoms with E-state index in [2.05, 4.69) is 0 Å². The topological polar surface area (TPSA) is 26.0 Å². The van der Waals surface area contributed by atoms with Gasteiger partial charge < -0.3 is 5.73 Å². The summed E-state index contributed by atoms with van der Waals surface area (Å²) in [6.07, 6.45) is 2.11. The Bertz CT molecular complexity index is 118. The molecule has 0 aliphatic heterocycles. The second-order valence-electron chi connectivity index (χ2n) is 3.56. The molecule has 2 atom stereocenters. The van der Waals surface area contributed by atoms with Crippen LogP contribution in [-0.2, 0) is 0 Å². The summed E-state index contributed by atoms with van der Waals surface area (Å²) < 4.78 is 13.6. The second kappa shape index (κ2) is 2.50. The second-order valence-corrected chi connectivity index (χ2v) is 3.56. The Kier molecular flexibility index (Phi) is 1.99. The largest absolute Gasteiger partial charge is 0.330 e. The minimum absolute atomic E-state index is 0.0139. The normalized spacial score (nSPS) is 27.6. The molecule has 60 valence electrons. The predicted octanol–water partition coefficient (Wildman–Crippen LogP) is 1.72. The molecule has 1 fully saturated rings. The lowest BCUT2D eigenvalue weighted by Crippen LogP contribution is -2.35. The van der Waals surface area contributed by atoms with Crippen molar-refractivity contribution in [1.82, 2.24) is 0 Å². The lowest BCUT2D eigenvalue weighted by molar-refractivity contribution is 0.0903. The number of halogens is 1. The molecule has 2 N–H and O–H groups in total. The van der Waals surface area contributed by atoms with E-state index in [-0.39, 0.29) is 5.92 Å². The Labute approximate surface area is 61.8 Å². The van der Waals surface area contributed by atoms with Crippen LogP contribution >= 0.6 is 0 Å². The molecule has 1 nitrogen and oxygen atoms in total. The summed E-state index contributed by atoms with van der Waals surface area (Å²) in [5.74, 6) is 0.311. The highest BCUT2D eigenvalue weighted by Crippen LogP contribution is 2.45. The molecule has 0 aromatic carbocycles. The highest BCUT2D eigenvalue weighted by molar-refractivity contribution is 4.95. The van der Waals surface area contributed by atoms with E-state index in [1.165, 1.54) is 0 Å². The third-order valence-electron chi connectivity index (χ3n) is 2.69. The molecule has 1 aliphatic rings. The zero-order valence-corrected chi connectivity index (χ0v) is 6.73. The first-order chi connectivity index (χ1) is 4.59.